The summed E-state index contributed by atoms with van der Waals surface area (Å²) in [6.07, 6.45) is 7.82. The van der Waals surface area contributed by atoms with Gasteiger partial charge in [-0.15, -0.1) is 0 Å². The van der Waals surface area contributed by atoms with Crippen molar-refractivity contribution < 1.29 is 0 Å². The quantitative estimate of drug-likeness (QED) is 0.843. The van der Waals surface area contributed by atoms with E-state index in [0.717, 1.165) is 6.54 Å². The smallest absolute Gasteiger partial charge is 0.0313 e. The molecule has 0 radical (unpaired) electrons. The summed E-state index contributed by atoms with van der Waals surface area (Å²) >= 11 is 0. The molecule has 0 aromatic carbocycles. The molecule has 1 atom stereocenters. The Bertz CT molecular complexity index is 358. The van der Waals surface area contributed by atoms with Gasteiger partial charge in [-0.25, -0.2) is 0 Å². The van der Waals surface area contributed by atoms with Gasteiger partial charge < -0.3 is 5.32 Å². The van der Waals surface area contributed by atoms with E-state index in [1.165, 1.54) is 30.4 Å². The molecular formula is C14H22N2. The fourth-order valence-electron chi connectivity index (χ4n) is 2.59. The molecular weight excluding hydrogens is 196 g/mol. The van der Waals surface area contributed by atoms with Crippen LogP contribution in [0.3, 0.4) is 0 Å². The van der Waals surface area contributed by atoms with Gasteiger partial charge in [-0.3, -0.25) is 4.98 Å². The van der Waals surface area contributed by atoms with Crippen molar-refractivity contribution in [2.45, 2.75) is 52.6 Å². The number of hydrogen-bond donors (Lipinski definition) is 1. The van der Waals surface area contributed by atoms with E-state index < -0.39 is 0 Å². The van der Waals surface area contributed by atoms with Crippen LogP contribution in [0.5, 0.6) is 0 Å². The Labute approximate surface area is 98.5 Å². The van der Waals surface area contributed by atoms with Gasteiger partial charge in [-0.2, -0.15) is 0 Å². The highest BCUT2D eigenvalue weighted by Gasteiger charge is 2.30. The molecule has 1 N–H and O–H groups in total. The zero-order valence-electron chi connectivity index (χ0n) is 10.6. The number of hydrogen-bond acceptors (Lipinski definition) is 2. The maximum absolute atomic E-state index is 4.22. The highest BCUT2D eigenvalue weighted by Crippen LogP contribution is 2.36. The van der Waals surface area contributed by atoms with Crippen LogP contribution in [0.15, 0.2) is 18.5 Å². The average molecular weight is 218 g/mol. The van der Waals surface area contributed by atoms with Crippen molar-refractivity contribution in [1.29, 1.82) is 0 Å². The van der Waals surface area contributed by atoms with Crippen LogP contribution in [-0.4, -0.2) is 11.0 Å². The molecule has 0 bridgehead atoms. The third-order valence-corrected chi connectivity index (χ3v) is 3.50. The van der Waals surface area contributed by atoms with Gasteiger partial charge in [0, 0.05) is 25.0 Å². The molecule has 1 saturated carbocycles. The molecule has 2 heteroatoms. The van der Waals surface area contributed by atoms with Crippen molar-refractivity contribution in [2.75, 3.05) is 0 Å². The van der Waals surface area contributed by atoms with Crippen LogP contribution < -0.4 is 5.32 Å². The number of nitrogens with zero attached hydrogens (tertiary/aromatic N) is 1. The number of aryl methyl sites for hydroxylation is 1. The minimum absolute atomic E-state index is 0.530. The first-order chi connectivity index (χ1) is 7.55. The second-order valence-electron chi connectivity index (χ2n) is 5.86. The van der Waals surface area contributed by atoms with Crippen LogP contribution >= 0.6 is 0 Å². The van der Waals surface area contributed by atoms with E-state index in [0.29, 0.717) is 11.5 Å². The molecule has 1 aromatic heterocycles. The Balaban J connectivity index is 1.84. The molecule has 0 aliphatic heterocycles. The molecule has 0 amide bonds. The topological polar surface area (TPSA) is 24.9 Å². The highest BCUT2D eigenvalue weighted by molar-refractivity contribution is 5.16. The van der Waals surface area contributed by atoms with Crippen LogP contribution in [0.4, 0.5) is 0 Å². The highest BCUT2D eigenvalue weighted by atomic mass is 14.9. The van der Waals surface area contributed by atoms with Crippen molar-refractivity contribution in [3.8, 4) is 0 Å². The predicted octanol–water partition coefficient (Wildman–Crippen LogP) is 3.06. The molecule has 0 spiro atoms. The summed E-state index contributed by atoms with van der Waals surface area (Å²) in [4.78, 5) is 4.22. The third kappa shape index (κ3) is 3.05. The minimum atomic E-state index is 0.530. The Morgan fingerprint density at radius 3 is 2.88 bits per heavy atom. The molecule has 1 fully saturated rings. The monoisotopic (exact) mass is 218 g/mol. The second kappa shape index (κ2) is 4.54. The van der Waals surface area contributed by atoms with Gasteiger partial charge in [0.15, 0.2) is 0 Å². The summed E-state index contributed by atoms with van der Waals surface area (Å²) in [6, 6.07) is 2.90. The minimum Gasteiger partial charge on any atom is -0.310 e. The summed E-state index contributed by atoms with van der Waals surface area (Å²) < 4.78 is 0. The Hall–Kier alpha value is -0.890. The Morgan fingerprint density at radius 2 is 2.25 bits per heavy atom. The molecule has 1 aliphatic carbocycles. The molecule has 88 valence electrons. The fourth-order valence-corrected chi connectivity index (χ4v) is 2.59. The third-order valence-electron chi connectivity index (χ3n) is 3.50. The van der Waals surface area contributed by atoms with Crippen molar-refractivity contribution in [1.82, 2.24) is 10.3 Å². The molecule has 1 aliphatic rings. The molecule has 16 heavy (non-hydrogen) atoms. The van der Waals surface area contributed by atoms with E-state index in [-0.39, 0.29) is 0 Å². The maximum atomic E-state index is 4.22. The lowest BCUT2D eigenvalue weighted by molar-refractivity contribution is 0.364. The lowest BCUT2D eigenvalue weighted by Gasteiger charge is -2.17. The van der Waals surface area contributed by atoms with E-state index >= 15 is 0 Å². The van der Waals surface area contributed by atoms with Crippen LogP contribution in [0.25, 0.3) is 0 Å². The lowest BCUT2D eigenvalue weighted by Crippen LogP contribution is -2.26. The van der Waals surface area contributed by atoms with Crippen LogP contribution in [0, 0.1) is 12.3 Å². The molecule has 2 rings (SSSR count). The largest absolute Gasteiger partial charge is 0.310 e. The van der Waals surface area contributed by atoms with Gasteiger partial charge in [0.25, 0.3) is 0 Å². The summed E-state index contributed by atoms with van der Waals surface area (Å²) in [5.41, 5.74) is 3.07. The molecule has 1 heterocycles. The van der Waals surface area contributed by atoms with Gasteiger partial charge >= 0.3 is 0 Å². The van der Waals surface area contributed by atoms with E-state index in [1.54, 1.807) is 0 Å². The average Bonchev–Trinajstić information content (AvgIpc) is 2.56. The summed E-state index contributed by atoms with van der Waals surface area (Å²) in [5.74, 6) is 0. The Morgan fingerprint density at radius 1 is 1.44 bits per heavy atom. The van der Waals surface area contributed by atoms with Crippen molar-refractivity contribution in [2.24, 2.45) is 5.41 Å². The zero-order chi connectivity index (χ0) is 11.6. The van der Waals surface area contributed by atoms with Crippen molar-refractivity contribution >= 4 is 0 Å². The van der Waals surface area contributed by atoms with Crippen LogP contribution in [0.1, 0.15) is 44.2 Å². The standard InChI is InChI=1S/C14H22N2/c1-11-6-12(9-15-8-11)10-16-13-4-5-14(2,3)7-13/h6,8-9,13,16H,4-5,7,10H2,1-3H3. The zero-order valence-corrected chi connectivity index (χ0v) is 10.6. The van der Waals surface area contributed by atoms with Crippen molar-refractivity contribution in [3.63, 3.8) is 0 Å². The van der Waals surface area contributed by atoms with Crippen LogP contribution in [-0.2, 0) is 6.54 Å². The molecule has 2 nitrogen and oxygen atoms in total. The van der Waals surface area contributed by atoms with Gasteiger partial charge in [0.1, 0.15) is 0 Å². The van der Waals surface area contributed by atoms with E-state index in [2.05, 4.69) is 37.1 Å². The number of aromatic nitrogens is 1. The summed E-state index contributed by atoms with van der Waals surface area (Å²) in [6.45, 7) is 7.77. The first kappa shape index (κ1) is 11.6. The number of pyridine rings is 1. The fraction of sp³-hybridized carbons (Fsp3) is 0.643. The number of nitrogens with one attached hydrogen (secondary N) is 1. The van der Waals surface area contributed by atoms with Gasteiger partial charge in [-0.05, 0) is 42.7 Å². The van der Waals surface area contributed by atoms with E-state index in [4.69, 9.17) is 0 Å². The second-order valence-corrected chi connectivity index (χ2v) is 5.86. The summed E-state index contributed by atoms with van der Waals surface area (Å²) in [5, 5.41) is 3.64. The van der Waals surface area contributed by atoms with Gasteiger partial charge in [-0.1, -0.05) is 19.9 Å². The molecule has 1 unspecified atom stereocenters. The molecule has 1 aromatic rings. The lowest BCUT2D eigenvalue weighted by atomic mass is 9.92. The van der Waals surface area contributed by atoms with Gasteiger partial charge in [0.2, 0.25) is 0 Å². The maximum Gasteiger partial charge on any atom is 0.0313 e. The van der Waals surface area contributed by atoms with E-state index in [1.807, 2.05) is 12.4 Å². The normalized spacial score (nSPS) is 23.6. The summed E-state index contributed by atoms with van der Waals surface area (Å²) in [7, 11) is 0. The first-order valence-electron chi connectivity index (χ1n) is 6.19. The Kier molecular flexibility index (Phi) is 3.29. The van der Waals surface area contributed by atoms with Crippen molar-refractivity contribution in [3.05, 3.63) is 29.6 Å². The van der Waals surface area contributed by atoms with E-state index in [9.17, 15) is 0 Å². The SMILES string of the molecule is Cc1cncc(CNC2CCC(C)(C)C2)c1. The van der Waals surface area contributed by atoms with Gasteiger partial charge in [0.05, 0.1) is 0 Å². The first-order valence-corrected chi connectivity index (χ1v) is 6.19. The molecule has 0 saturated heterocycles. The van der Waals surface area contributed by atoms with Crippen LogP contribution in [0.2, 0.25) is 0 Å². The predicted molar refractivity (Wildman–Crippen MR) is 67.2 cm³/mol. The number of rotatable bonds is 3.